The van der Waals surface area contributed by atoms with Crippen LogP contribution < -0.4 is 5.56 Å². The molecule has 2 heterocycles. The van der Waals surface area contributed by atoms with E-state index < -0.39 is 0 Å². The van der Waals surface area contributed by atoms with Crippen molar-refractivity contribution in [3.05, 3.63) is 38.2 Å². The average Bonchev–Trinajstić information content (AvgIpc) is 2.74. The third-order valence-electron chi connectivity index (χ3n) is 2.32. The lowest BCUT2D eigenvalue weighted by Crippen LogP contribution is -2.10. The van der Waals surface area contributed by atoms with Gasteiger partial charge in [0, 0.05) is 4.47 Å². The molecule has 1 aromatic carbocycles. The molecular formula is C9H4BrClN4O. The maximum atomic E-state index is 11.7. The molecule has 0 unspecified atom stereocenters. The smallest absolute Gasteiger partial charge is 0.276 e. The van der Waals surface area contributed by atoms with Gasteiger partial charge >= 0.3 is 0 Å². The number of benzene rings is 1. The largest absolute Gasteiger partial charge is 0.317 e. The third-order valence-corrected chi connectivity index (χ3v) is 3.60. The Morgan fingerprint density at radius 2 is 2.19 bits per heavy atom. The first kappa shape index (κ1) is 9.80. The highest BCUT2D eigenvalue weighted by atomic mass is 79.9. The van der Waals surface area contributed by atoms with E-state index in [-0.39, 0.29) is 5.56 Å². The van der Waals surface area contributed by atoms with Crippen molar-refractivity contribution in [2.75, 3.05) is 0 Å². The highest BCUT2D eigenvalue weighted by Gasteiger charge is 2.10. The lowest BCUT2D eigenvalue weighted by atomic mass is 10.3. The van der Waals surface area contributed by atoms with Crippen LogP contribution in [0.5, 0.6) is 0 Å². The highest BCUT2D eigenvalue weighted by molar-refractivity contribution is 9.10. The van der Waals surface area contributed by atoms with Gasteiger partial charge in [0.1, 0.15) is 0 Å². The summed E-state index contributed by atoms with van der Waals surface area (Å²) in [5, 5.41) is 8.00. The lowest BCUT2D eigenvalue weighted by Gasteiger charge is -2.03. The summed E-state index contributed by atoms with van der Waals surface area (Å²) in [6.45, 7) is 0. The van der Waals surface area contributed by atoms with Gasteiger partial charge in [0.25, 0.3) is 5.56 Å². The van der Waals surface area contributed by atoms with E-state index in [0.717, 1.165) is 4.47 Å². The molecule has 7 heteroatoms. The fourth-order valence-corrected chi connectivity index (χ4v) is 2.12. The molecule has 0 spiro atoms. The Hall–Kier alpha value is -1.40. The van der Waals surface area contributed by atoms with Crippen LogP contribution in [0.3, 0.4) is 0 Å². The van der Waals surface area contributed by atoms with Crippen LogP contribution in [0.25, 0.3) is 16.6 Å². The van der Waals surface area contributed by atoms with E-state index in [2.05, 4.69) is 31.2 Å². The van der Waals surface area contributed by atoms with Crippen LogP contribution in [0.4, 0.5) is 0 Å². The van der Waals surface area contributed by atoms with Gasteiger partial charge < -0.3 is 4.98 Å². The second-order valence-corrected chi connectivity index (χ2v) is 4.47. The van der Waals surface area contributed by atoms with E-state index >= 15 is 0 Å². The minimum atomic E-state index is -0.266. The second-order valence-electron chi connectivity index (χ2n) is 3.24. The first-order valence-corrected chi connectivity index (χ1v) is 5.56. The molecule has 0 radical (unpaired) electrons. The van der Waals surface area contributed by atoms with Crippen LogP contribution in [0.2, 0.25) is 5.02 Å². The molecule has 16 heavy (non-hydrogen) atoms. The van der Waals surface area contributed by atoms with Crippen molar-refractivity contribution < 1.29 is 0 Å². The molecule has 0 amide bonds. The molecular weight excluding hydrogens is 295 g/mol. The Labute approximate surface area is 102 Å². The second kappa shape index (κ2) is 3.29. The normalized spacial score (nSPS) is 11.4. The molecule has 0 aliphatic heterocycles. The van der Waals surface area contributed by atoms with Gasteiger partial charge in [-0.1, -0.05) is 16.8 Å². The van der Waals surface area contributed by atoms with Crippen LogP contribution in [0.15, 0.2) is 27.6 Å². The summed E-state index contributed by atoms with van der Waals surface area (Å²) >= 11 is 9.38. The molecule has 0 bridgehead atoms. The van der Waals surface area contributed by atoms with Gasteiger partial charge in [-0.25, -0.2) is 4.52 Å². The van der Waals surface area contributed by atoms with Crippen molar-refractivity contribution in [2.45, 2.75) is 0 Å². The molecule has 0 fully saturated rings. The average molecular weight is 300 g/mol. The molecule has 0 aliphatic rings. The monoisotopic (exact) mass is 298 g/mol. The van der Waals surface area contributed by atoms with Gasteiger partial charge in [-0.2, -0.15) is 0 Å². The van der Waals surface area contributed by atoms with Crippen LogP contribution in [0.1, 0.15) is 0 Å². The Morgan fingerprint density at radius 3 is 3.00 bits per heavy atom. The third kappa shape index (κ3) is 1.20. The minimum absolute atomic E-state index is 0.266. The first-order chi connectivity index (χ1) is 7.68. The maximum Gasteiger partial charge on any atom is 0.276 e. The van der Waals surface area contributed by atoms with Gasteiger partial charge in [0.05, 0.1) is 22.3 Å². The minimum Gasteiger partial charge on any atom is -0.317 e. The van der Waals surface area contributed by atoms with E-state index in [4.69, 9.17) is 11.6 Å². The van der Waals surface area contributed by atoms with Gasteiger partial charge in [-0.05, 0) is 28.1 Å². The van der Waals surface area contributed by atoms with Crippen molar-refractivity contribution >= 4 is 44.1 Å². The number of aromatic nitrogens is 4. The number of hydrogen-bond acceptors (Lipinski definition) is 3. The van der Waals surface area contributed by atoms with Crippen molar-refractivity contribution in [3.8, 4) is 0 Å². The summed E-state index contributed by atoms with van der Waals surface area (Å²) in [7, 11) is 0. The number of hydrogen-bond donors (Lipinski definition) is 1. The molecule has 3 rings (SSSR count). The standard InChI is InChI=1S/C9H4BrClN4O/c10-4-1-2-5-8(7(4)11)13-9(16)6-3-12-14-15(5)6/h1-3H,(H,13,16). The van der Waals surface area contributed by atoms with E-state index in [9.17, 15) is 4.79 Å². The molecule has 80 valence electrons. The Balaban J connectivity index is 2.68. The van der Waals surface area contributed by atoms with E-state index in [1.165, 1.54) is 10.7 Å². The zero-order chi connectivity index (χ0) is 11.3. The number of rotatable bonds is 0. The fourth-order valence-electron chi connectivity index (χ4n) is 1.58. The summed E-state index contributed by atoms with van der Waals surface area (Å²) in [5.41, 5.74) is 1.38. The molecule has 3 aromatic rings. The van der Waals surface area contributed by atoms with Crippen LogP contribution in [0, 0.1) is 0 Å². The van der Waals surface area contributed by atoms with E-state index in [1.807, 2.05) is 6.07 Å². The van der Waals surface area contributed by atoms with E-state index in [1.54, 1.807) is 6.07 Å². The predicted molar refractivity (Wildman–Crippen MR) is 63.8 cm³/mol. The summed E-state index contributed by atoms with van der Waals surface area (Å²) < 4.78 is 2.18. The van der Waals surface area contributed by atoms with Crippen molar-refractivity contribution in [1.82, 2.24) is 19.8 Å². The van der Waals surface area contributed by atoms with Gasteiger partial charge in [0.2, 0.25) is 0 Å². The van der Waals surface area contributed by atoms with Crippen molar-refractivity contribution in [1.29, 1.82) is 0 Å². The van der Waals surface area contributed by atoms with Crippen molar-refractivity contribution in [3.63, 3.8) is 0 Å². The maximum absolute atomic E-state index is 11.7. The molecule has 0 saturated carbocycles. The number of fused-ring (bicyclic) bond motifs is 3. The molecule has 0 atom stereocenters. The summed E-state index contributed by atoms with van der Waals surface area (Å²) in [5.74, 6) is 0. The van der Waals surface area contributed by atoms with Gasteiger partial charge in [0.15, 0.2) is 5.52 Å². The number of H-pyrrole nitrogens is 1. The molecule has 1 N–H and O–H groups in total. The number of aromatic amines is 1. The SMILES string of the molecule is O=c1[nH]c2c(Cl)c(Br)ccc2n2nncc12. The predicted octanol–water partition coefficient (Wildman–Crippen LogP) is 1.99. The highest BCUT2D eigenvalue weighted by Crippen LogP contribution is 2.28. The van der Waals surface area contributed by atoms with Crippen molar-refractivity contribution in [2.24, 2.45) is 0 Å². The first-order valence-electron chi connectivity index (χ1n) is 4.39. The molecule has 0 aliphatic carbocycles. The number of halogens is 2. The Kier molecular flexibility index (Phi) is 2.02. The van der Waals surface area contributed by atoms with Gasteiger partial charge in [-0.15, -0.1) is 5.10 Å². The quantitative estimate of drug-likeness (QED) is 0.690. The Morgan fingerprint density at radius 1 is 1.38 bits per heavy atom. The Bertz CT molecular complexity index is 763. The summed E-state index contributed by atoms with van der Waals surface area (Å²) in [6, 6.07) is 3.60. The number of nitrogens with zero attached hydrogens (tertiary/aromatic N) is 3. The lowest BCUT2D eigenvalue weighted by molar-refractivity contribution is 0.876. The molecule has 5 nitrogen and oxygen atoms in total. The van der Waals surface area contributed by atoms with Gasteiger partial charge in [-0.3, -0.25) is 4.79 Å². The summed E-state index contributed by atoms with van der Waals surface area (Å²) in [6.07, 6.45) is 1.41. The van der Waals surface area contributed by atoms with E-state index in [0.29, 0.717) is 21.6 Å². The summed E-state index contributed by atoms with van der Waals surface area (Å²) in [4.78, 5) is 14.4. The topological polar surface area (TPSA) is 63.0 Å². The molecule has 0 saturated heterocycles. The zero-order valence-corrected chi connectivity index (χ0v) is 10.1. The number of nitrogens with one attached hydrogen (secondary N) is 1. The zero-order valence-electron chi connectivity index (χ0n) is 7.74. The van der Waals surface area contributed by atoms with Crippen LogP contribution >= 0.6 is 27.5 Å². The fraction of sp³-hybridized carbons (Fsp3) is 0. The van der Waals surface area contributed by atoms with Crippen LogP contribution in [-0.2, 0) is 0 Å². The molecule has 2 aromatic heterocycles. The van der Waals surface area contributed by atoms with Crippen LogP contribution in [-0.4, -0.2) is 19.8 Å².